The van der Waals surface area contributed by atoms with Crippen molar-refractivity contribution in [1.82, 2.24) is 0 Å². The number of ether oxygens (including phenoxy) is 1. The van der Waals surface area contributed by atoms with Crippen LogP contribution in [0.25, 0.3) is 11.0 Å². The fourth-order valence-electron chi connectivity index (χ4n) is 2.59. The van der Waals surface area contributed by atoms with Crippen molar-refractivity contribution >= 4 is 34.3 Å². The highest BCUT2D eigenvalue weighted by Crippen LogP contribution is 2.20. The molecule has 1 aromatic heterocycles. The van der Waals surface area contributed by atoms with E-state index in [1.54, 1.807) is 56.3 Å². The Balaban J connectivity index is 1.65. The van der Waals surface area contributed by atoms with Crippen LogP contribution >= 0.6 is 0 Å². The maximum atomic E-state index is 12.5. The fourth-order valence-corrected chi connectivity index (χ4v) is 2.59. The second-order valence-electron chi connectivity index (χ2n) is 6.78. The lowest BCUT2D eigenvalue weighted by molar-refractivity contribution is -0.118. The van der Waals surface area contributed by atoms with Crippen LogP contribution in [0.15, 0.2) is 59.0 Å². The number of furan rings is 1. The first-order valence-corrected chi connectivity index (χ1v) is 9.00. The lowest BCUT2D eigenvalue weighted by atomic mass is 10.1. The molecule has 6 nitrogen and oxygen atoms in total. The number of ketones is 1. The first-order valence-electron chi connectivity index (χ1n) is 9.00. The number of fused-ring (bicyclic) bond motifs is 1. The summed E-state index contributed by atoms with van der Waals surface area (Å²) < 4.78 is 10.7. The van der Waals surface area contributed by atoms with Gasteiger partial charge in [0.25, 0.3) is 0 Å². The van der Waals surface area contributed by atoms with E-state index in [9.17, 15) is 14.4 Å². The Morgan fingerprint density at radius 2 is 1.64 bits per heavy atom. The van der Waals surface area contributed by atoms with Crippen molar-refractivity contribution < 1.29 is 23.5 Å². The maximum absolute atomic E-state index is 12.5. The molecule has 0 spiro atoms. The van der Waals surface area contributed by atoms with Crippen LogP contribution in [0.1, 0.15) is 41.7 Å². The van der Waals surface area contributed by atoms with E-state index < -0.39 is 12.1 Å². The van der Waals surface area contributed by atoms with Gasteiger partial charge >= 0.3 is 5.97 Å². The van der Waals surface area contributed by atoms with Gasteiger partial charge in [-0.05, 0) is 43.3 Å². The lowest BCUT2D eigenvalue weighted by Gasteiger charge is -2.12. The van der Waals surface area contributed by atoms with Gasteiger partial charge in [-0.15, -0.1) is 0 Å². The minimum atomic E-state index is -0.975. The number of nitrogens with one attached hydrogen (secondary N) is 1. The number of carbonyl (C=O) groups is 3. The molecule has 3 aromatic rings. The zero-order valence-electron chi connectivity index (χ0n) is 15.9. The van der Waals surface area contributed by atoms with Crippen LogP contribution in [0.2, 0.25) is 0 Å². The molecular formula is C22H21NO5. The maximum Gasteiger partial charge on any atom is 0.374 e. The number of amides is 1. The van der Waals surface area contributed by atoms with Gasteiger partial charge in [0.2, 0.25) is 17.5 Å². The number of rotatable bonds is 6. The number of para-hydroxylation sites is 1. The number of esters is 1. The van der Waals surface area contributed by atoms with Crippen molar-refractivity contribution in [2.24, 2.45) is 5.92 Å². The molecule has 144 valence electrons. The summed E-state index contributed by atoms with van der Waals surface area (Å²) in [6.45, 7) is 5.11. The number of hydrogen-bond donors (Lipinski definition) is 1. The molecular weight excluding hydrogens is 358 g/mol. The monoisotopic (exact) mass is 379 g/mol. The predicted octanol–water partition coefficient (Wildman–Crippen LogP) is 4.46. The van der Waals surface area contributed by atoms with Crippen molar-refractivity contribution in [2.75, 3.05) is 5.32 Å². The number of Topliss-reactive ketones (excluding diaryl/α,β-unsaturated/α-hetero) is 1. The first-order chi connectivity index (χ1) is 13.3. The molecule has 28 heavy (non-hydrogen) atoms. The van der Waals surface area contributed by atoms with Gasteiger partial charge in [-0.1, -0.05) is 32.0 Å². The summed E-state index contributed by atoms with van der Waals surface area (Å²) >= 11 is 0. The molecule has 0 saturated carbocycles. The Morgan fingerprint density at radius 3 is 2.29 bits per heavy atom. The lowest BCUT2D eigenvalue weighted by Crippen LogP contribution is -2.24. The van der Waals surface area contributed by atoms with E-state index in [4.69, 9.17) is 9.15 Å². The highest BCUT2D eigenvalue weighted by Gasteiger charge is 2.22. The van der Waals surface area contributed by atoms with Crippen molar-refractivity contribution in [3.8, 4) is 0 Å². The van der Waals surface area contributed by atoms with Crippen LogP contribution in [-0.2, 0) is 9.53 Å². The summed E-state index contributed by atoms with van der Waals surface area (Å²) in [5.41, 5.74) is 1.56. The minimum Gasteiger partial charge on any atom is -0.449 e. The van der Waals surface area contributed by atoms with Crippen LogP contribution in [0.5, 0.6) is 0 Å². The Bertz CT molecular complexity index is 984. The molecule has 0 aliphatic carbocycles. The Morgan fingerprint density at radius 1 is 0.964 bits per heavy atom. The molecule has 0 bridgehead atoms. The van der Waals surface area contributed by atoms with Gasteiger partial charge in [0.05, 0.1) is 0 Å². The summed E-state index contributed by atoms with van der Waals surface area (Å²) in [5, 5.41) is 3.54. The van der Waals surface area contributed by atoms with Crippen molar-refractivity contribution in [3.05, 3.63) is 65.9 Å². The minimum absolute atomic E-state index is 0.0487. The summed E-state index contributed by atoms with van der Waals surface area (Å²) in [4.78, 5) is 36.5. The third-order valence-electron chi connectivity index (χ3n) is 4.24. The summed E-state index contributed by atoms with van der Waals surface area (Å²) in [6.07, 6.45) is -0.975. The van der Waals surface area contributed by atoms with Crippen molar-refractivity contribution in [3.63, 3.8) is 0 Å². The van der Waals surface area contributed by atoms with Gasteiger partial charge in [-0.3, -0.25) is 9.59 Å². The molecule has 6 heteroatoms. The molecule has 1 N–H and O–H groups in total. The molecule has 0 fully saturated rings. The summed E-state index contributed by atoms with van der Waals surface area (Å²) in [6, 6.07) is 15.3. The number of benzene rings is 2. The second-order valence-corrected chi connectivity index (χ2v) is 6.78. The second kappa shape index (κ2) is 8.08. The third kappa shape index (κ3) is 4.28. The molecule has 1 unspecified atom stereocenters. The summed E-state index contributed by atoms with van der Waals surface area (Å²) in [7, 11) is 0. The predicted molar refractivity (Wildman–Crippen MR) is 105 cm³/mol. The molecule has 1 amide bonds. The van der Waals surface area contributed by atoms with Crippen LogP contribution in [0.4, 0.5) is 5.69 Å². The average molecular weight is 379 g/mol. The van der Waals surface area contributed by atoms with Gasteiger partial charge in [-0.2, -0.15) is 0 Å². The highest BCUT2D eigenvalue weighted by molar-refractivity contribution is 6.02. The van der Waals surface area contributed by atoms with Crippen LogP contribution < -0.4 is 5.32 Å². The van der Waals surface area contributed by atoms with Crippen LogP contribution in [0, 0.1) is 5.92 Å². The molecule has 1 atom stereocenters. The molecule has 0 aliphatic heterocycles. The van der Waals surface area contributed by atoms with Gasteiger partial charge in [0, 0.05) is 22.6 Å². The summed E-state index contributed by atoms with van der Waals surface area (Å²) in [5.74, 6) is -1.23. The Kier molecular flexibility index (Phi) is 5.59. The molecule has 0 radical (unpaired) electrons. The Labute approximate surface area is 162 Å². The van der Waals surface area contributed by atoms with E-state index in [2.05, 4.69) is 5.32 Å². The average Bonchev–Trinajstić information content (AvgIpc) is 3.12. The fraction of sp³-hybridized carbons (Fsp3) is 0.227. The zero-order valence-corrected chi connectivity index (χ0v) is 15.9. The number of anilines is 1. The zero-order chi connectivity index (χ0) is 20.3. The SMILES string of the molecule is CC(C)C(=O)Nc1ccc(C(=O)C(C)OC(=O)c2cc3ccccc3o2)cc1. The van der Waals surface area contributed by atoms with E-state index in [1.807, 2.05) is 12.1 Å². The van der Waals surface area contributed by atoms with E-state index in [0.717, 1.165) is 5.39 Å². The molecule has 0 saturated heterocycles. The molecule has 0 aliphatic rings. The van der Waals surface area contributed by atoms with Crippen molar-refractivity contribution in [1.29, 1.82) is 0 Å². The standard InChI is InChI=1S/C22H21NO5/c1-13(2)21(25)23-17-10-8-15(9-11-17)20(24)14(3)27-22(26)19-12-16-6-4-5-7-18(16)28-19/h4-14H,1-3H3,(H,23,25). The number of carbonyl (C=O) groups excluding carboxylic acids is 3. The molecule has 1 heterocycles. The first kappa shape index (κ1) is 19.4. The van der Waals surface area contributed by atoms with Crippen LogP contribution in [-0.4, -0.2) is 23.8 Å². The number of hydrogen-bond acceptors (Lipinski definition) is 5. The van der Waals surface area contributed by atoms with Gasteiger partial charge < -0.3 is 14.5 Å². The van der Waals surface area contributed by atoms with E-state index in [-0.39, 0.29) is 23.4 Å². The molecule has 3 rings (SSSR count). The van der Waals surface area contributed by atoms with Gasteiger partial charge in [0.15, 0.2) is 6.10 Å². The largest absolute Gasteiger partial charge is 0.449 e. The van der Waals surface area contributed by atoms with E-state index in [1.165, 1.54) is 6.92 Å². The van der Waals surface area contributed by atoms with Crippen LogP contribution in [0.3, 0.4) is 0 Å². The van der Waals surface area contributed by atoms with E-state index in [0.29, 0.717) is 16.8 Å². The topological polar surface area (TPSA) is 85.6 Å². The quantitative estimate of drug-likeness (QED) is 0.505. The van der Waals surface area contributed by atoms with Crippen molar-refractivity contribution in [2.45, 2.75) is 26.9 Å². The van der Waals surface area contributed by atoms with E-state index >= 15 is 0 Å². The Hall–Kier alpha value is -3.41. The highest BCUT2D eigenvalue weighted by atomic mass is 16.6. The van der Waals surface area contributed by atoms with Gasteiger partial charge in [-0.25, -0.2) is 4.79 Å². The van der Waals surface area contributed by atoms with Gasteiger partial charge in [0.1, 0.15) is 5.58 Å². The smallest absolute Gasteiger partial charge is 0.374 e. The molecule has 2 aromatic carbocycles. The normalized spacial score (nSPS) is 12.0. The third-order valence-corrected chi connectivity index (χ3v) is 4.24.